The number of hydrogen-bond acceptors (Lipinski definition) is 4. The van der Waals surface area contributed by atoms with E-state index in [4.69, 9.17) is 0 Å². The highest BCUT2D eigenvalue weighted by Crippen LogP contribution is 2.20. The first-order chi connectivity index (χ1) is 11.6. The fourth-order valence-electron chi connectivity index (χ4n) is 2.58. The first-order valence-electron chi connectivity index (χ1n) is 7.69. The van der Waals surface area contributed by atoms with Crippen LogP contribution in [0.5, 0.6) is 5.75 Å². The van der Waals surface area contributed by atoms with Crippen molar-refractivity contribution in [2.75, 3.05) is 23.3 Å². The van der Waals surface area contributed by atoms with Crippen molar-refractivity contribution in [3.63, 3.8) is 0 Å². The number of alkyl halides is 2. The molecule has 1 amide bonds. The smallest absolute Gasteiger partial charge is 0.387 e. The fourth-order valence-corrected chi connectivity index (χ4v) is 2.58. The molecule has 0 spiro atoms. The van der Waals surface area contributed by atoms with E-state index in [-0.39, 0.29) is 11.7 Å². The minimum atomic E-state index is -2.88. The van der Waals surface area contributed by atoms with Gasteiger partial charge in [0.05, 0.1) is 11.9 Å². The second-order valence-corrected chi connectivity index (χ2v) is 5.46. The van der Waals surface area contributed by atoms with Gasteiger partial charge in [0.2, 0.25) is 0 Å². The van der Waals surface area contributed by atoms with E-state index in [1.807, 2.05) is 6.07 Å². The number of ether oxygens (including phenoxy) is 1. The van der Waals surface area contributed by atoms with Crippen LogP contribution >= 0.6 is 0 Å². The van der Waals surface area contributed by atoms with Crippen LogP contribution in [-0.2, 0) is 0 Å². The summed E-state index contributed by atoms with van der Waals surface area (Å²) in [5.74, 6) is 0.575. The summed E-state index contributed by atoms with van der Waals surface area (Å²) in [6.07, 6.45) is 3.96. The van der Waals surface area contributed by atoms with Crippen LogP contribution in [0.15, 0.2) is 42.6 Å². The maximum atomic E-state index is 12.2. The van der Waals surface area contributed by atoms with Crippen molar-refractivity contribution in [2.45, 2.75) is 19.5 Å². The number of carbonyl (C=O) groups is 1. The van der Waals surface area contributed by atoms with Gasteiger partial charge in [-0.25, -0.2) is 4.98 Å². The van der Waals surface area contributed by atoms with Crippen LogP contribution in [0.2, 0.25) is 0 Å². The summed E-state index contributed by atoms with van der Waals surface area (Å²) in [5, 5.41) is 2.73. The van der Waals surface area contributed by atoms with Crippen molar-refractivity contribution >= 4 is 17.4 Å². The van der Waals surface area contributed by atoms with Gasteiger partial charge in [0.15, 0.2) is 0 Å². The summed E-state index contributed by atoms with van der Waals surface area (Å²) in [7, 11) is 0. The molecule has 0 bridgehead atoms. The number of anilines is 2. The Hall–Kier alpha value is -2.70. The largest absolute Gasteiger partial charge is 0.435 e. The predicted octanol–water partition coefficient (Wildman–Crippen LogP) is 3.54. The molecule has 2 aromatic rings. The molecule has 0 unspecified atom stereocenters. The van der Waals surface area contributed by atoms with E-state index in [9.17, 15) is 13.6 Å². The molecule has 0 aliphatic carbocycles. The molecule has 0 atom stereocenters. The number of rotatable bonds is 5. The average molecular weight is 333 g/mol. The summed E-state index contributed by atoms with van der Waals surface area (Å²) < 4.78 is 28.4. The average Bonchev–Trinajstić information content (AvgIpc) is 3.10. The van der Waals surface area contributed by atoms with Crippen LogP contribution in [0.25, 0.3) is 0 Å². The number of carbonyl (C=O) groups excluding carboxylic acids is 1. The molecule has 1 aliphatic rings. The van der Waals surface area contributed by atoms with Gasteiger partial charge in [-0.2, -0.15) is 8.78 Å². The van der Waals surface area contributed by atoms with E-state index in [0.717, 1.165) is 18.9 Å². The Kier molecular flexibility index (Phi) is 4.88. The highest BCUT2D eigenvalue weighted by molar-refractivity contribution is 6.04. The van der Waals surface area contributed by atoms with Gasteiger partial charge in [-0.1, -0.05) is 0 Å². The second kappa shape index (κ2) is 7.25. The van der Waals surface area contributed by atoms with Gasteiger partial charge in [0.1, 0.15) is 11.6 Å². The third kappa shape index (κ3) is 3.98. The lowest BCUT2D eigenvalue weighted by Crippen LogP contribution is -2.19. The Labute approximate surface area is 138 Å². The number of pyridine rings is 1. The molecule has 0 radical (unpaired) electrons. The molecule has 7 heteroatoms. The minimum Gasteiger partial charge on any atom is -0.435 e. The van der Waals surface area contributed by atoms with Crippen LogP contribution in [0, 0.1) is 0 Å². The Morgan fingerprint density at radius 2 is 1.83 bits per heavy atom. The topological polar surface area (TPSA) is 54.5 Å². The lowest BCUT2D eigenvalue weighted by Gasteiger charge is -2.16. The molecule has 1 aliphatic heterocycles. The van der Waals surface area contributed by atoms with Gasteiger partial charge >= 0.3 is 6.61 Å². The number of halogens is 2. The van der Waals surface area contributed by atoms with E-state index in [1.54, 1.807) is 12.3 Å². The molecular formula is C17H17F2N3O2. The molecule has 1 fully saturated rings. The highest BCUT2D eigenvalue weighted by Gasteiger charge is 2.13. The standard InChI is InChI=1S/C17H17F2N3O2/c18-17(19)24-14-6-3-12(4-7-14)16(23)21-13-5-8-15(20-11-13)22-9-1-2-10-22/h3-8,11,17H,1-2,9-10H2,(H,21,23). The lowest BCUT2D eigenvalue weighted by atomic mass is 10.2. The number of hydrogen-bond donors (Lipinski definition) is 1. The first kappa shape index (κ1) is 16.2. The summed E-state index contributed by atoms with van der Waals surface area (Å²) >= 11 is 0. The van der Waals surface area contributed by atoms with Crippen LogP contribution in [-0.4, -0.2) is 30.6 Å². The Morgan fingerprint density at radius 1 is 1.12 bits per heavy atom. The molecule has 2 heterocycles. The van der Waals surface area contributed by atoms with Crippen molar-refractivity contribution in [1.82, 2.24) is 4.98 Å². The Bertz CT molecular complexity index is 684. The van der Waals surface area contributed by atoms with Gasteiger partial charge in [0.25, 0.3) is 5.91 Å². The Morgan fingerprint density at radius 3 is 2.42 bits per heavy atom. The predicted molar refractivity (Wildman–Crippen MR) is 86.7 cm³/mol. The second-order valence-electron chi connectivity index (χ2n) is 5.46. The SMILES string of the molecule is O=C(Nc1ccc(N2CCCC2)nc1)c1ccc(OC(F)F)cc1. The molecular weight excluding hydrogens is 316 g/mol. The minimum absolute atomic E-state index is 0.0122. The van der Waals surface area contributed by atoms with Crippen molar-refractivity contribution in [3.8, 4) is 5.75 Å². The number of nitrogens with zero attached hydrogens (tertiary/aromatic N) is 2. The normalized spacial score (nSPS) is 14.0. The van der Waals surface area contributed by atoms with E-state index < -0.39 is 6.61 Å². The zero-order valence-electron chi connectivity index (χ0n) is 12.9. The van der Waals surface area contributed by atoms with Crippen LogP contribution in [0.4, 0.5) is 20.3 Å². The van der Waals surface area contributed by atoms with Crippen LogP contribution in [0.3, 0.4) is 0 Å². The third-order valence-electron chi connectivity index (χ3n) is 3.78. The summed E-state index contributed by atoms with van der Waals surface area (Å²) in [6.45, 7) is -0.873. The van der Waals surface area contributed by atoms with Crippen LogP contribution < -0.4 is 15.0 Å². The lowest BCUT2D eigenvalue weighted by molar-refractivity contribution is -0.0498. The van der Waals surface area contributed by atoms with Crippen molar-refractivity contribution in [2.24, 2.45) is 0 Å². The van der Waals surface area contributed by atoms with E-state index in [0.29, 0.717) is 11.3 Å². The number of amides is 1. The molecule has 1 aromatic heterocycles. The van der Waals surface area contributed by atoms with Gasteiger partial charge in [-0.05, 0) is 49.2 Å². The van der Waals surface area contributed by atoms with Crippen LogP contribution in [0.1, 0.15) is 23.2 Å². The molecule has 24 heavy (non-hydrogen) atoms. The zero-order chi connectivity index (χ0) is 16.9. The fraction of sp³-hybridized carbons (Fsp3) is 0.294. The number of benzene rings is 1. The van der Waals surface area contributed by atoms with Gasteiger partial charge in [-0.15, -0.1) is 0 Å². The summed E-state index contributed by atoms with van der Waals surface area (Å²) in [6, 6.07) is 9.19. The molecule has 1 saturated heterocycles. The number of aromatic nitrogens is 1. The molecule has 0 saturated carbocycles. The van der Waals surface area contributed by atoms with Gasteiger partial charge in [0, 0.05) is 18.7 Å². The first-order valence-corrected chi connectivity index (χ1v) is 7.69. The van der Waals surface area contributed by atoms with Gasteiger partial charge < -0.3 is 15.0 Å². The van der Waals surface area contributed by atoms with Crippen molar-refractivity contribution in [3.05, 3.63) is 48.2 Å². The summed E-state index contributed by atoms with van der Waals surface area (Å²) in [5.41, 5.74) is 0.927. The van der Waals surface area contributed by atoms with E-state index in [2.05, 4.69) is 19.9 Å². The molecule has 1 aromatic carbocycles. The highest BCUT2D eigenvalue weighted by atomic mass is 19.3. The maximum absolute atomic E-state index is 12.2. The van der Waals surface area contributed by atoms with Crippen molar-refractivity contribution in [1.29, 1.82) is 0 Å². The summed E-state index contributed by atoms with van der Waals surface area (Å²) in [4.78, 5) is 18.7. The zero-order valence-corrected chi connectivity index (χ0v) is 12.9. The van der Waals surface area contributed by atoms with Gasteiger partial charge in [-0.3, -0.25) is 4.79 Å². The van der Waals surface area contributed by atoms with E-state index in [1.165, 1.54) is 37.1 Å². The number of nitrogens with one attached hydrogen (secondary N) is 1. The van der Waals surface area contributed by atoms with Crippen molar-refractivity contribution < 1.29 is 18.3 Å². The monoisotopic (exact) mass is 333 g/mol. The van der Waals surface area contributed by atoms with E-state index >= 15 is 0 Å². The maximum Gasteiger partial charge on any atom is 0.387 e. The Balaban J connectivity index is 1.61. The third-order valence-corrected chi connectivity index (χ3v) is 3.78. The quantitative estimate of drug-likeness (QED) is 0.909. The molecule has 126 valence electrons. The molecule has 5 nitrogen and oxygen atoms in total. The molecule has 1 N–H and O–H groups in total. The molecule has 3 rings (SSSR count).